The largest absolute Gasteiger partial charge is 0.390 e. The fraction of sp³-hybridized carbons (Fsp3) is 0.292. The number of aromatic amines is 1. The molecule has 1 aliphatic heterocycles. The van der Waals surface area contributed by atoms with Gasteiger partial charge in [-0.25, -0.2) is 0 Å². The minimum atomic E-state index is -0.963. The zero-order valence-corrected chi connectivity index (χ0v) is 17.6. The number of aliphatic hydroxyl groups is 2. The molecule has 166 valence electrons. The molecule has 4 unspecified atom stereocenters. The number of rotatable bonds is 5. The standard InChI is InChI=1S/C24H25N3O5/c1-2-20-23(30)19(28)10-21(32-20)15-8-9-25-13-18(15)27-24(31)17-12-26-11-16(22(17)29)14-6-4-3-5-7-14/h3-9,11-13,19-21,23,28,30H,2,10H2,1H3,(H,26,29)(H,27,31). The molecule has 3 heterocycles. The van der Waals surface area contributed by atoms with E-state index < -0.39 is 35.8 Å². The predicted octanol–water partition coefficient (Wildman–Crippen LogP) is 2.65. The third kappa shape index (κ3) is 4.34. The molecule has 0 spiro atoms. The van der Waals surface area contributed by atoms with Gasteiger partial charge in [0, 0.05) is 36.1 Å². The Morgan fingerprint density at radius 1 is 1.22 bits per heavy atom. The summed E-state index contributed by atoms with van der Waals surface area (Å²) in [5.74, 6) is -0.582. The van der Waals surface area contributed by atoms with Crippen molar-refractivity contribution in [2.75, 3.05) is 5.32 Å². The lowest BCUT2D eigenvalue weighted by molar-refractivity contribution is -0.170. The van der Waals surface area contributed by atoms with Crippen molar-refractivity contribution < 1.29 is 19.7 Å². The van der Waals surface area contributed by atoms with Crippen LogP contribution >= 0.6 is 0 Å². The van der Waals surface area contributed by atoms with Gasteiger partial charge < -0.3 is 25.3 Å². The lowest BCUT2D eigenvalue weighted by Gasteiger charge is -2.37. The first-order valence-corrected chi connectivity index (χ1v) is 10.5. The molecule has 1 aromatic carbocycles. The Labute approximate surface area is 184 Å². The number of carbonyl (C=O) groups is 1. The number of H-pyrrole nitrogens is 1. The van der Waals surface area contributed by atoms with Gasteiger partial charge in [0.05, 0.1) is 30.2 Å². The molecule has 1 amide bonds. The Morgan fingerprint density at radius 3 is 2.75 bits per heavy atom. The fourth-order valence-electron chi connectivity index (χ4n) is 3.96. The summed E-state index contributed by atoms with van der Waals surface area (Å²) in [5.41, 5.74) is 1.67. The highest BCUT2D eigenvalue weighted by Gasteiger charge is 2.37. The molecule has 3 aromatic rings. The maximum atomic E-state index is 13.0. The molecule has 8 heteroatoms. The van der Waals surface area contributed by atoms with Gasteiger partial charge in [0.15, 0.2) is 0 Å². The molecule has 0 radical (unpaired) electrons. The number of aliphatic hydroxyl groups excluding tert-OH is 2. The Kier molecular flexibility index (Phi) is 6.45. The molecule has 1 saturated heterocycles. The van der Waals surface area contributed by atoms with Crippen LogP contribution in [0.4, 0.5) is 5.69 Å². The molecular weight excluding hydrogens is 410 g/mol. The zero-order valence-electron chi connectivity index (χ0n) is 17.6. The number of benzene rings is 1. The van der Waals surface area contributed by atoms with Crippen LogP contribution in [-0.2, 0) is 4.74 Å². The van der Waals surface area contributed by atoms with Gasteiger partial charge in [-0.3, -0.25) is 14.6 Å². The Hall–Kier alpha value is -3.33. The summed E-state index contributed by atoms with van der Waals surface area (Å²) in [6.45, 7) is 1.87. The van der Waals surface area contributed by atoms with Gasteiger partial charge >= 0.3 is 0 Å². The van der Waals surface area contributed by atoms with E-state index in [-0.39, 0.29) is 12.0 Å². The third-order valence-electron chi connectivity index (χ3n) is 5.70. The predicted molar refractivity (Wildman–Crippen MR) is 119 cm³/mol. The molecule has 0 aliphatic carbocycles. The summed E-state index contributed by atoms with van der Waals surface area (Å²) in [6.07, 6.45) is 3.71. The van der Waals surface area contributed by atoms with Gasteiger partial charge in [-0.1, -0.05) is 37.3 Å². The van der Waals surface area contributed by atoms with Crippen molar-refractivity contribution in [1.29, 1.82) is 0 Å². The van der Waals surface area contributed by atoms with Crippen LogP contribution in [0.5, 0.6) is 0 Å². The number of aromatic nitrogens is 2. The van der Waals surface area contributed by atoms with E-state index in [0.29, 0.717) is 28.8 Å². The van der Waals surface area contributed by atoms with Crippen molar-refractivity contribution in [2.45, 2.75) is 44.2 Å². The highest BCUT2D eigenvalue weighted by Crippen LogP contribution is 2.36. The smallest absolute Gasteiger partial charge is 0.261 e. The SMILES string of the molecule is CCC1OC(c2ccncc2NC(=O)c2c[nH]cc(-c3ccccc3)c2=O)CC(O)C1O. The van der Waals surface area contributed by atoms with Gasteiger partial charge in [0.1, 0.15) is 11.7 Å². The second kappa shape index (κ2) is 9.44. The topological polar surface area (TPSA) is 125 Å². The van der Waals surface area contributed by atoms with E-state index in [0.717, 1.165) is 0 Å². The minimum Gasteiger partial charge on any atom is -0.390 e. The van der Waals surface area contributed by atoms with E-state index in [1.165, 1.54) is 12.4 Å². The first-order valence-electron chi connectivity index (χ1n) is 10.5. The van der Waals surface area contributed by atoms with E-state index in [9.17, 15) is 19.8 Å². The summed E-state index contributed by atoms with van der Waals surface area (Å²) >= 11 is 0. The molecule has 0 bridgehead atoms. The molecule has 4 rings (SSSR count). The highest BCUT2D eigenvalue weighted by molar-refractivity contribution is 6.05. The number of nitrogens with zero attached hydrogens (tertiary/aromatic N) is 1. The van der Waals surface area contributed by atoms with E-state index in [4.69, 9.17) is 4.74 Å². The monoisotopic (exact) mass is 435 g/mol. The lowest BCUT2D eigenvalue weighted by Crippen LogP contribution is -2.45. The average Bonchev–Trinajstić information content (AvgIpc) is 2.82. The van der Waals surface area contributed by atoms with Crippen LogP contribution in [0.25, 0.3) is 11.1 Å². The second-order valence-electron chi connectivity index (χ2n) is 7.76. The third-order valence-corrected chi connectivity index (χ3v) is 5.70. The number of nitrogens with one attached hydrogen (secondary N) is 2. The van der Waals surface area contributed by atoms with Crippen LogP contribution in [0.1, 0.15) is 41.8 Å². The number of pyridine rings is 2. The minimum absolute atomic E-state index is 0.0346. The van der Waals surface area contributed by atoms with Crippen LogP contribution in [0.15, 0.2) is 66.0 Å². The molecule has 1 aliphatic rings. The van der Waals surface area contributed by atoms with E-state index >= 15 is 0 Å². The van der Waals surface area contributed by atoms with E-state index in [1.807, 2.05) is 25.1 Å². The van der Waals surface area contributed by atoms with Crippen LogP contribution < -0.4 is 10.7 Å². The van der Waals surface area contributed by atoms with E-state index in [1.54, 1.807) is 30.6 Å². The van der Waals surface area contributed by atoms with Crippen molar-refractivity contribution in [3.05, 3.63) is 82.5 Å². The van der Waals surface area contributed by atoms with Gasteiger partial charge in [-0.15, -0.1) is 0 Å². The van der Waals surface area contributed by atoms with Crippen LogP contribution in [0.3, 0.4) is 0 Å². The van der Waals surface area contributed by atoms with Crippen molar-refractivity contribution in [3.8, 4) is 11.1 Å². The average molecular weight is 435 g/mol. The van der Waals surface area contributed by atoms with Crippen LogP contribution in [0, 0.1) is 0 Å². The summed E-state index contributed by atoms with van der Waals surface area (Å²) in [6, 6.07) is 10.8. The number of hydrogen-bond donors (Lipinski definition) is 4. The van der Waals surface area contributed by atoms with Crippen molar-refractivity contribution in [3.63, 3.8) is 0 Å². The maximum absolute atomic E-state index is 13.0. The fourth-order valence-corrected chi connectivity index (χ4v) is 3.96. The van der Waals surface area contributed by atoms with Crippen molar-refractivity contribution in [1.82, 2.24) is 9.97 Å². The molecule has 1 fully saturated rings. The van der Waals surface area contributed by atoms with Crippen molar-refractivity contribution in [2.24, 2.45) is 0 Å². The molecule has 8 nitrogen and oxygen atoms in total. The number of anilines is 1. The highest BCUT2D eigenvalue weighted by atomic mass is 16.5. The molecule has 32 heavy (non-hydrogen) atoms. The summed E-state index contributed by atoms with van der Waals surface area (Å²) in [4.78, 5) is 32.9. The second-order valence-corrected chi connectivity index (χ2v) is 7.76. The summed E-state index contributed by atoms with van der Waals surface area (Å²) in [5, 5.41) is 23.1. The molecular formula is C24H25N3O5. The van der Waals surface area contributed by atoms with Gasteiger partial charge in [-0.05, 0) is 18.1 Å². The number of ether oxygens (including phenoxy) is 1. The number of carbonyl (C=O) groups excluding carboxylic acids is 1. The van der Waals surface area contributed by atoms with Crippen LogP contribution in [0.2, 0.25) is 0 Å². The van der Waals surface area contributed by atoms with Crippen molar-refractivity contribution >= 4 is 11.6 Å². The molecule has 4 atom stereocenters. The maximum Gasteiger partial charge on any atom is 0.261 e. The Bertz CT molecular complexity index is 1150. The van der Waals surface area contributed by atoms with E-state index in [2.05, 4.69) is 15.3 Å². The molecule has 4 N–H and O–H groups in total. The van der Waals surface area contributed by atoms with Crippen LogP contribution in [-0.4, -0.2) is 44.4 Å². The number of amides is 1. The molecule has 2 aromatic heterocycles. The lowest BCUT2D eigenvalue weighted by atomic mass is 9.92. The summed E-state index contributed by atoms with van der Waals surface area (Å²) in [7, 11) is 0. The number of hydrogen-bond acceptors (Lipinski definition) is 6. The summed E-state index contributed by atoms with van der Waals surface area (Å²) < 4.78 is 5.98. The van der Waals surface area contributed by atoms with Gasteiger partial charge in [-0.2, -0.15) is 0 Å². The zero-order chi connectivity index (χ0) is 22.7. The van der Waals surface area contributed by atoms with Gasteiger partial charge in [0.25, 0.3) is 5.91 Å². The quantitative estimate of drug-likeness (QED) is 0.488. The normalized spacial score (nSPS) is 23.0. The first kappa shape index (κ1) is 21.9. The van der Waals surface area contributed by atoms with Gasteiger partial charge in [0.2, 0.25) is 5.43 Å². The molecule has 0 saturated carbocycles. The Morgan fingerprint density at radius 2 is 2.00 bits per heavy atom. The Balaban J connectivity index is 1.61. The first-order chi connectivity index (χ1) is 15.5.